The van der Waals surface area contributed by atoms with Crippen LogP contribution in [0.4, 0.5) is 0 Å². The average Bonchev–Trinajstić information content (AvgIpc) is 2.11. The average molecular weight is 182 g/mol. The molecule has 0 aromatic rings. The third-order valence-electron chi connectivity index (χ3n) is 1.69. The molecule has 0 aliphatic heterocycles. The summed E-state index contributed by atoms with van der Waals surface area (Å²) in [5, 5.41) is 2.57. The van der Waals surface area contributed by atoms with E-state index in [1.54, 1.807) is 7.05 Å². The summed E-state index contributed by atoms with van der Waals surface area (Å²) in [6, 6.07) is 0. The van der Waals surface area contributed by atoms with Crippen LogP contribution in [0.5, 0.6) is 0 Å². The first kappa shape index (κ1) is 11.9. The van der Waals surface area contributed by atoms with E-state index in [1.165, 1.54) is 0 Å². The van der Waals surface area contributed by atoms with Gasteiger partial charge in [-0.15, -0.1) is 0 Å². The molecule has 0 saturated carbocycles. The molecule has 0 aliphatic rings. The van der Waals surface area contributed by atoms with Gasteiger partial charge in [0, 0.05) is 18.7 Å². The molecule has 1 N–H and O–H groups in total. The van der Waals surface area contributed by atoms with Gasteiger partial charge in [0.25, 0.3) is 5.91 Å². The van der Waals surface area contributed by atoms with Crippen LogP contribution >= 0.6 is 0 Å². The normalized spacial score (nSPS) is 11.6. The zero-order valence-corrected chi connectivity index (χ0v) is 8.85. The fraction of sp³-hybridized carbons (Fsp3) is 0.600. The summed E-state index contributed by atoms with van der Waals surface area (Å²) in [5.41, 5.74) is 1.29. The molecule has 1 amide bonds. The standard InChI is InChI=1S/C10H18N2O/c1-6-8(4)12-9(7(2)3)10(13)11-5/h7H,4,6H2,1-3,5H3,(H,11,13). The number of amides is 1. The minimum absolute atomic E-state index is 0.121. The number of nitrogens with zero attached hydrogens (tertiary/aromatic N) is 1. The van der Waals surface area contributed by atoms with E-state index >= 15 is 0 Å². The smallest absolute Gasteiger partial charge is 0.265 e. The molecule has 0 bridgehead atoms. The Labute approximate surface area is 79.9 Å². The van der Waals surface area contributed by atoms with Crippen molar-refractivity contribution in [3.63, 3.8) is 0 Å². The van der Waals surface area contributed by atoms with Crippen LogP contribution in [-0.4, -0.2) is 18.7 Å². The van der Waals surface area contributed by atoms with Crippen molar-refractivity contribution in [3.05, 3.63) is 12.3 Å². The van der Waals surface area contributed by atoms with Crippen LogP contribution in [0.25, 0.3) is 0 Å². The molecular formula is C10H18N2O. The van der Waals surface area contributed by atoms with Gasteiger partial charge in [-0.25, -0.2) is 0 Å². The van der Waals surface area contributed by atoms with Crippen molar-refractivity contribution in [1.29, 1.82) is 0 Å². The van der Waals surface area contributed by atoms with E-state index in [2.05, 4.69) is 16.9 Å². The molecule has 0 rings (SSSR count). The molecule has 0 radical (unpaired) electrons. The summed E-state index contributed by atoms with van der Waals surface area (Å²) in [6.45, 7) is 9.59. The molecule has 0 aromatic heterocycles. The minimum atomic E-state index is -0.121. The van der Waals surface area contributed by atoms with Gasteiger partial charge in [-0.2, -0.15) is 0 Å². The predicted molar refractivity (Wildman–Crippen MR) is 55.8 cm³/mol. The first-order valence-electron chi connectivity index (χ1n) is 4.51. The summed E-state index contributed by atoms with van der Waals surface area (Å²) in [4.78, 5) is 15.5. The molecule has 0 saturated heterocycles. The van der Waals surface area contributed by atoms with E-state index < -0.39 is 0 Å². The zero-order valence-electron chi connectivity index (χ0n) is 8.85. The molecule has 0 fully saturated rings. The molecule has 0 heterocycles. The summed E-state index contributed by atoms with van der Waals surface area (Å²) in [6.07, 6.45) is 0.771. The fourth-order valence-corrected chi connectivity index (χ4v) is 0.820. The van der Waals surface area contributed by atoms with Crippen molar-refractivity contribution in [1.82, 2.24) is 5.32 Å². The SMILES string of the molecule is C=C(CC)N=C(C(=O)NC)C(C)C. The summed E-state index contributed by atoms with van der Waals surface area (Å²) in [7, 11) is 1.61. The van der Waals surface area contributed by atoms with Gasteiger partial charge in [-0.05, 0) is 6.42 Å². The van der Waals surface area contributed by atoms with E-state index in [9.17, 15) is 4.79 Å². The predicted octanol–water partition coefficient (Wildman–Crippen LogP) is 1.75. The minimum Gasteiger partial charge on any atom is -0.354 e. The lowest BCUT2D eigenvalue weighted by atomic mass is 10.1. The Balaban J connectivity index is 4.70. The van der Waals surface area contributed by atoms with Crippen LogP contribution in [0, 0.1) is 5.92 Å². The Bertz CT molecular complexity index is 229. The lowest BCUT2D eigenvalue weighted by molar-refractivity contribution is -0.114. The van der Waals surface area contributed by atoms with Crippen molar-refractivity contribution in [2.24, 2.45) is 10.9 Å². The number of allylic oxidation sites excluding steroid dienone is 1. The van der Waals surface area contributed by atoms with Gasteiger partial charge in [0.2, 0.25) is 0 Å². The van der Waals surface area contributed by atoms with Crippen LogP contribution in [0.1, 0.15) is 27.2 Å². The third kappa shape index (κ3) is 3.87. The van der Waals surface area contributed by atoms with Crippen LogP contribution in [0.3, 0.4) is 0 Å². The third-order valence-corrected chi connectivity index (χ3v) is 1.69. The highest BCUT2D eigenvalue weighted by molar-refractivity contribution is 6.39. The Morgan fingerprint density at radius 1 is 1.54 bits per heavy atom. The highest BCUT2D eigenvalue weighted by Crippen LogP contribution is 2.04. The maximum atomic E-state index is 11.3. The fourth-order valence-electron chi connectivity index (χ4n) is 0.820. The van der Waals surface area contributed by atoms with Crippen molar-refractivity contribution < 1.29 is 4.79 Å². The second-order valence-corrected chi connectivity index (χ2v) is 3.15. The second kappa shape index (κ2) is 5.51. The molecule has 0 spiro atoms. The zero-order chi connectivity index (χ0) is 10.4. The van der Waals surface area contributed by atoms with Gasteiger partial charge in [0.15, 0.2) is 0 Å². The highest BCUT2D eigenvalue weighted by atomic mass is 16.1. The molecule has 13 heavy (non-hydrogen) atoms. The topological polar surface area (TPSA) is 41.5 Å². The molecule has 3 nitrogen and oxygen atoms in total. The number of hydrogen-bond donors (Lipinski definition) is 1. The van der Waals surface area contributed by atoms with Crippen molar-refractivity contribution in [2.45, 2.75) is 27.2 Å². The van der Waals surface area contributed by atoms with E-state index in [1.807, 2.05) is 20.8 Å². The van der Waals surface area contributed by atoms with Crippen LogP contribution in [0.15, 0.2) is 17.3 Å². The van der Waals surface area contributed by atoms with E-state index in [4.69, 9.17) is 0 Å². The number of carbonyl (C=O) groups is 1. The van der Waals surface area contributed by atoms with E-state index in [0.29, 0.717) is 5.71 Å². The van der Waals surface area contributed by atoms with E-state index in [-0.39, 0.29) is 11.8 Å². The molecule has 0 aliphatic carbocycles. The molecule has 3 heteroatoms. The second-order valence-electron chi connectivity index (χ2n) is 3.15. The largest absolute Gasteiger partial charge is 0.354 e. The Kier molecular flexibility index (Phi) is 5.04. The molecule has 74 valence electrons. The number of carbonyl (C=O) groups excluding carboxylic acids is 1. The van der Waals surface area contributed by atoms with Gasteiger partial charge >= 0.3 is 0 Å². The van der Waals surface area contributed by atoms with Crippen molar-refractivity contribution in [2.75, 3.05) is 7.05 Å². The van der Waals surface area contributed by atoms with Gasteiger partial charge in [0.05, 0.1) is 0 Å². The Morgan fingerprint density at radius 2 is 2.08 bits per heavy atom. The molecule has 0 atom stereocenters. The van der Waals surface area contributed by atoms with Crippen LogP contribution in [-0.2, 0) is 4.79 Å². The van der Waals surface area contributed by atoms with Crippen LogP contribution in [0.2, 0.25) is 0 Å². The summed E-state index contributed by atoms with van der Waals surface area (Å²) < 4.78 is 0. The molecule has 0 unspecified atom stereocenters. The molecular weight excluding hydrogens is 164 g/mol. The Hall–Kier alpha value is -1.12. The maximum Gasteiger partial charge on any atom is 0.265 e. The quantitative estimate of drug-likeness (QED) is 0.661. The van der Waals surface area contributed by atoms with Crippen molar-refractivity contribution >= 4 is 11.6 Å². The maximum absolute atomic E-state index is 11.3. The lowest BCUT2D eigenvalue weighted by Crippen LogP contribution is -2.31. The van der Waals surface area contributed by atoms with Crippen LogP contribution < -0.4 is 5.32 Å². The number of hydrogen-bond acceptors (Lipinski definition) is 2. The number of aliphatic imine (C=N–C) groups is 1. The van der Waals surface area contributed by atoms with E-state index in [0.717, 1.165) is 12.1 Å². The van der Waals surface area contributed by atoms with Gasteiger partial charge < -0.3 is 5.32 Å². The number of rotatable bonds is 4. The summed E-state index contributed by atoms with van der Waals surface area (Å²) >= 11 is 0. The molecule has 0 aromatic carbocycles. The van der Waals surface area contributed by atoms with Gasteiger partial charge in [0.1, 0.15) is 5.71 Å². The summed E-state index contributed by atoms with van der Waals surface area (Å²) in [5.74, 6) is 0.00727. The highest BCUT2D eigenvalue weighted by Gasteiger charge is 2.13. The number of nitrogens with one attached hydrogen (secondary N) is 1. The van der Waals surface area contributed by atoms with Gasteiger partial charge in [-0.3, -0.25) is 9.79 Å². The van der Waals surface area contributed by atoms with Gasteiger partial charge in [-0.1, -0.05) is 27.4 Å². The monoisotopic (exact) mass is 182 g/mol. The lowest BCUT2D eigenvalue weighted by Gasteiger charge is -2.08. The first-order chi connectivity index (χ1) is 6.02. The van der Waals surface area contributed by atoms with Crippen molar-refractivity contribution in [3.8, 4) is 0 Å². The Morgan fingerprint density at radius 3 is 2.38 bits per heavy atom. The first-order valence-corrected chi connectivity index (χ1v) is 4.51.